The second-order valence-electron chi connectivity index (χ2n) is 8.94. The molecule has 0 aliphatic carbocycles. The number of amides is 1. The summed E-state index contributed by atoms with van der Waals surface area (Å²) < 4.78 is 0. The summed E-state index contributed by atoms with van der Waals surface area (Å²) in [7, 11) is 0. The molecule has 2 atom stereocenters. The predicted octanol–water partition coefficient (Wildman–Crippen LogP) is 5.43. The summed E-state index contributed by atoms with van der Waals surface area (Å²) in [5.41, 5.74) is 6.06. The highest BCUT2D eigenvalue weighted by Crippen LogP contribution is 2.31. The first-order valence-corrected chi connectivity index (χ1v) is 11.1. The van der Waals surface area contributed by atoms with Crippen molar-refractivity contribution in [3.63, 3.8) is 0 Å². The third kappa shape index (κ3) is 4.63. The first-order chi connectivity index (χ1) is 14.6. The van der Waals surface area contributed by atoms with E-state index in [1.165, 1.54) is 11.1 Å². The fraction of sp³-hybridized carbons (Fsp3) is 0.385. The van der Waals surface area contributed by atoms with E-state index in [2.05, 4.69) is 42.3 Å². The molecular weight excluding hydrogens is 441 g/mol. The van der Waals surface area contributed by atoms with Gasteiger partial charge in [0.1, 0.15) is 0 Å². The van der Waals surface area contributed by atoms with Crippen LogP contribution in [0.3, 0.4) is 0 Å². The summed E-state index contributed by atoms with van der Waals surface area (Å²) >= 11 is 0. The van der Waals surface area contributed by atoms with Gasteiger partial charge in [0.2, 0.25) is 0 Å². The molecule has 5 rings (SSSR count). The summed E-state index contributed by atoms with van der Waals surface area (Å²) in [6.45, 7) is 8.10. The predicted molar refractivity (Wildman–Crippen MR) is 136 cm³/mol. The second kappa shape index (κ2) is 10.2. The maximum atomic E-state index is 13.7. The van der Waals surface area contributed by atoms with Gasteiger partial charge in [-0.15, -0.1) is 24.8 Å². The molecule has 0 radical (unpaired) electrons. The van der Waals surface area contributed by atoms with Crippen LogP contribution in [0.25, 0.3) is 22.2 Å². The molecular formula is C26H31Cl2N3O. The van der Waals surface area contributed by atoms with Gasteiger partial charge in [0.25, 0.3) is 5.91 Å². The molecule has 4 nitrogen and oxygen atoms in total. The standard InChI is InChI=1S/C26H29N3O.2ClH/c1-17-7-8-21(18(2)13-17)25-14-23(22-5-3-4-6-24(22)28-25)26(30)29-11-9-19-15-27-16-20(19)10-12-29;;/h3-8,13-14,19-20,27H,9-12,15-16H2,1-2H3;2*1H/t19-,20+;;. The van der Waals surface area contributed by atoms with Crippen LogP contribution in [0, 0.1) is 25.7 Å². The number of aryl methyl sites for hydroxylation is 2. The van der Waals surface area contributed by atoms with E-state index in [0.717, 1.165) is 66.7 Å². The summed E-state index contributed by atoms with van der Waals surface area (Å²) in [6.07, 6.45) is 2.19. The summed E-state index contributed by atoms with van der Waals surface area (Å²) in [4.78, 5) is 20.7. The maximum Gasteiger partial charge on any atom is 0.254 e. The molecule has 0 bridgehead atoms. The monoisotopic (exact) mass is 471 g/mol. The Labute approximate surface area is 202 Å². The molecule has 2 aromatic carbocycles. The molecule has 6 heteroatoms. The molecule has 0 spiro atoms. The van der Waals surface area contributed by atoms with Crippen LogP contribution in [-0.2, 0) is 0 Å². The van der Waals surface area contributed by atoms with Crippen LogP contribution in [0.5, 0.6) is 0 Å². The minimum absolute atomic E-state index is 0. The van der Waals surface area contributed by atoms with Crippen LogP contribution in [0.1, 0.15) is 34.3 Å². The number of carbonyl (C=O) groups excluding carboxylic acids is 1. The largest absolute Gasteiger partial charge is 0.339 e. The van der Waals surface area contributed by atoms with Gasteiger partial charge >= 0.3 is 0 Å². The van der Waals surface area contributed by atoms with Gasteiger partial charge in [-0.25, -0.2) is 4.98 Å². The lowest BCUT2D eigenvalue weighted by Gasteiger charge is -2.22. The van der Waals surface area contributed by atoms with Gasteiger partial charge in [-0.05, 0) is 69.3 Å². The normalized spacial score (nSPS) is 20.1. The highest BCUT2D eigenvalue weighted by atomic mass is 35.5. The van der Waals surface area contributed by atoms with Crippen molar-refractivity contribution < 1.29 is 4.79 Å². The van der Waals surface area contributed by atoms with Crippen LogP contribution < -0.4 is 5.32 Å². The smallest absolute Gasteiger partial charge is 0.254 e. The van der Waals surface area contributed by atoms with E-state index < -0.39 is 0 Å². The van der Waals surface area contributed by atoms with Crippen molar-refractivity contribution in [1.29, 1.82) is 0 Å². The minimum Gasteiger partial charge on any atom is -0.339 e. The molecule has 2 saturated heterocycles. The summed E-state index contributed by atoms with van der Waals surface area (Å²) in [5.74, 6) is 1.57. The first kappa shape index (κ1) is 24.5. The number of rotatable bonds is 2. The van der Waals surface area contributed by atoms with Gasteiger partial charge in [0.05, 0.1) is 16.8 Å². The molecule has 0 unspecified atom stereocenters. The van der Waals surface area contributed by atoms with Crippen LogP contribution in [0.2, 0.25) is 0 Å². The van der Waals surface area contributed by atoms with Crippen molar-refractivity contribution in [3.8, 4) is 11.3 Å². The average molecular weight is 472 g/mol. The van der Waals surface area contributed by atoms with Crippen molar-refractivity contribution in [3.05, 3.63) is 65.2 Å². The van der Waals surface area contributed by atoms with E-state index in [0.29, 0.717) is 11.8 Å². The number of aromatic nitrogens is 1. The Balaban J connectivity index is 0.00000144. The van der Waals surface area contributed by atoms with Crippen LogP contribution >= 0.6 is 24.8 Å². The van der Waals surface area contributed by atoms with Crippen molar-refractivity contribution in [1.82, 2.24) is 15.2 Å². The highest BCUT2D eigenvalue weighted by molar-refractivity contribution is 6.07. The lowest BCUT2D eigenvalue weighted by Crippen LogP contribution is -2.33. The zero-order chi connectivity index (χ0) is 20.7. The number of halogens is 2. The number of pyridine rings is 1. The van der Waals surface area contributed by atoms with Gasteiger partial charge in [0.15, 0.2) is 0 Å². The van der Waals surface area contributed by atoms with E-state index in [-0.39, 0.29) is 30.7 Å². The molecule has 2 aliphatic heterocycles. The number of nitrogens with one attached hydrogen (secondary N) is 1. The summed E-state index contributed by atoms with van der Waals surface area (Å²) in [6, 6.07) is 16.4. The summed E-state index contributed by atoms with van der Waals surface area (Å²) in [5, 5.41) is 4.46. The third-order valence-electron chi connectivity index (χ3n) is 6.91. The second-order valence-corrected chi connectivity index (χ2v) is 8.94. The first-order valence-electron chi connectivity index (χ1n) is 11.1. The van der Waals surface area contributed by atoms with E-state index in [4.69, 9.17) is 4.98 Å². The Morgan fingerprint density at radius 1 is 0.969 bits per heavy atom. The third-order valence-corrected chi connectivity index (χ3v) is 6.91. The number of nitrogens with zero attached hydrogens (tertiary/aromatic N) is 2. The number of carbonyl (C=O) groups is 1. The number of hydrogen-bond acceptors (Lipinski definition) is 3. The highest BCUT2D eigenvalue weighted by Gasteiger charge is 2.32. The van der Waals surface area contributed by atoms with E-state index in [9.17, 15) is 4.79 Å². The quantitative estimate of drug-likeness (QED) is 0.541. The van der Waals surface area contributed by atoms with Gasteiger partial charge in [-0.3, -0.25) is 4.79 Å². The van der Waals surface area contributed by atoms with Crippen molar-refractivity contribution in [2.24, 2.45) is 11.8 Å². The Morgan fingerprint density at radius 2 is 1.66 bits per heavy atom. The molecule has 1 N–H and O–H groups in total. The van der Waals surface area contributed by atoms with E-state index in [1.807, 2.05) is 30.3 Å². The maximum absolute atomic E-state index is 13.7. The van der Waals surface area contributed by atoms with Gasteiger partial charge in [-0.2, -0.15) is 0 Å². The number of benzene rings is 2. The lowest BCUT2D eigenvalue weighted by molar-refractivity contribution is 0.0760. The number of hydrogen-bond donors (Lipinski definition) is 1. The zero-order valence-electron chi connectivity index (χ0n) is 18.6. The number of fused-ring (bicyclic) bond motifs is 2. The van der Waals surface area contributed by atoms with Crippen LogP contribution in [0.4, 0.5) is 0 Å². The Bertz CT molecular complexity index is 1100. The van der Waals surface area contributed by atoms with Crippen LogP contribution in [0.15, 0.2) is 48.5 Å². The fourth-order valence-corrected chi connectivity index (χ4v) is 5.18. The van der Waals surface area contributed by atoms with E-state index in [1.54, 1.807) is 0 Å². The lowest BCUT2D eigenvalue weighted by atomic mass is 9.92. The van der Waals surface area contributed by atoms with Gasteiger partial charge in [-0.1, -0.05) is 42.0 Å². The van der Waals surface area contributed by atoms with Crippen molar-refractivity contribution in [2.45, 2.75) is 26.7 Å². The zero-order valence-corrected chi connectivity index (χ0v) is 20.3. The SMILES string of the molecule is Cc1ccc(-c2cc(C(=O)N3CC[C@@H]4CNC[C@@H]4CC3)c3ccccc3n2)c(C)c1.Cl.Cl. The molecule has 0 saturated carbocycles. The molecule has 3 heterocycles. The molecule has 32 heavy (non-hydrogen) atoms. The van der Waals surface area contributed by atoms with Crippen molar-refractivity contribution in [2.75, 3.05) is 26.2 Å². The molecule has 170 valence electrons. The van der Waals surface area contributed by atoms with Crippen molar-refractivity contribution >= 4 is 41.6 Å². The Morgan fingerprint density at radius 3 is 2.34 bits per heavy atom. The topological polar surface area (TPSA) is 45.2 Å². The molecule has 2 aliphatic rings. The Hall–Kier alpha value is -2.14. The van der Waals surface area contributed by atoms with E-state index >= 15 is 0 Å². The molecule has 2 fully saturated rings. The Kier molecular flexibility index (Phi) is 7.81. The van der Waals surface area contributed by atoms with Gasteiger partial charge in [0, 0.05) is 24.0 Å². The molecule has 3 aromatic rings. The number of likely N-dealkylation sites (tertiary alicyclic amines) is 1. The minimum atomic E-state index is 0. The number of para-hydroxylation sites is 1. The molecule has 1 aromatic heterocycles. The fourth-order valence-electron chi connectivity index (χ4n) is 5.18. The molecule has 1 amide bonds. The van der Waals surface area contributed by atoms with Crippen LogP contribution in [-0.4, -0.2) is 42.0 Å². The average Bonchev–Trinajstić information content (AvgIpc) is 3.10. The van der Waals surface area contributed by atoms with Gasteiger partial charge < -0.3 is 10.2 Å².